The fourth-order valence-corrected chi connectivity index (χ4v) is 1.82. The molecule has 0 amide bonds. The van der Waals surface area contributed by atoms with E-state index in [0.29, 0.717) is 16.5 Å². The van der Waals surface area contributed by atoms with E-state index in [1.54, 1.807) is 12.3 Å². The first-order valence-electron chi connectivity index (χ1n) is 4.34. The van der Waals surface area contributed by atoms with Crippen LogP contribution in [0, 0.1) is 9.39 Å². The number of benzene rings is 1. The van der Waals surface area contributed by atoms with Crippen molar-refractivity contribution in [3.63, 3.8) is 0 Å². The fourth-order valence-electron chi connectivity index (χ4n) is 1.17. The third-order valence-corrected chi connectivity index (χ3v) is 2.80. The van der Waals surface area contributed by atoms with E-state index in [-0.39, 0.29) is 5.82 Å². The lowest BCUT2D eigenvalue weighted by Crippen LogP contribution is -1.97. The third kappa shape index (κ3) is 2.79. The van der Waals surface area contributed by atoms with Gasteiger partial charge < -0.3 is 5.32 Å². The van der Waals surface area contributed by atoms with E-state index < -0.39 is 0 Å². The summed E-state index contributed by atoms with van der Waals surface area (Å²) >= 11 is 7.83. The van der Waals surface area contributed by atoms with Crippen LogP contribution in [0.15, 0.2) is 30.7 Å². The molecule has 1 aromatic carbocycles. The van der Waals surface area contributed by atoms with Gasteiger partial charge >= 0.3 is 0 Å². The van der Waals surface area contributed by atoms with E-state index in [4.69, 9.17) is 11.6 Å². The van der Waals surface area contributed by atoms with Gasteiger partial charge in [0, 0.05) is 16.9 Å². The Bertz CT molecular complexity index is 501. The monoisotopic (exact) mass is 349 g/mol. The van der Waals surface area contributed by atoms with Crippen LogP contribution in [-0.2, 0) is 0 Å². The van der Waals surface area contributed by atoms with Crippen molar-refractivity contribution in [1.82, 2.24) is 9.97 Å². The Balaban J connectivity index is 2.30. The maximum absolute atomic E-state index is 13.1. The molecule has 1 heterocycles. The molecule has 1 N–H and O–H groups in total. The molecule has 0 aliphatic carbocycles. The lowest BCUT2D eigenvalue weighted by atomic mass is 10.3. The van der Waals surface area contributed by atoms with Crippen LogP contribution in [0.2, 0.25) is 5.02 Å². The fraction of sp³-hybridized carbons (Fsp3) is 0. The smallest absolute Gasteiger partial charge is 0.147 e. The molecule has 0 saturated carbocycles. The molecule has 16 heavy (non-hydrogen) atoms. The normalized spacial score (nSPS) is 10.2. The summed E-state index contributed by atoms with van der Waals surface area (Å²) in [5.74, 6) is 0.233. The summed E-state index contributed by atoms with van der Waals surface area (Å²) in [5.41, 5.74) is 0.557. The molecule has 82 valence electrons. The Morgan fingerprint density at radius 1 is 1.31 bits per heavy atom. The Hall–Kier alpha value is -0.950. The SMILES string of the molecule is Fc1cc(Cl)cc(Nc2ncncc2I)c1. The van der Waals surface area contributed by atoms with E-state index in [0.717, 1.165) is 3.57 Å². The highest BCUT2D eigenvalue weighted by atomic mass is 127. The van der Waals surface area contributed by atoms with Gasteiger partial charge in [-0.15, -0.1) is 0 Å². The number of anilines is 2. The van der Waals surface area contributed by atoms with Gasteiger partial charge in [-0.05, 0) is 40.8 Å². The molecule has 0 bridgehead atoms. The first kappa shape index (κ1) is 11.5. The summed E-state index contributed by atoms with van der Waals surface area (Å²) in [6.45, 7) is 0. The zero-order valence-corrected chi connectivity index (χ0v) is 10.8. The first-order valence-corrected chi connectivity index (χ1v) is 5.79. The number of aromatic nitrogens is 2. The average Bonchev–Trinajstić information content (AvgIpc) is 2.20. The molecule has 0 radical (unpaired) electrons. The Morgan fingerprint density at radius 2 is 2.12 bits per heavy atom. The van der Waals surface area contributed by atoms with Gasteiger partial charge in [0.1, 0.15) is 18.0 Å². The molecule has 2 rings (SSSR count). The van der Waals surface area contributed by atoms with Crippen molar-refractivity contribution in [3.05, 3.63) is 45.1 Å². The molecule has 6 heteroatoms. The van der Waals surface area contributed by atoms with Crippen molar-refractivity contribution in [3.8, 4) is 0 Å². The minimum atomic E-state index is -0.390. The molecule has 0 atom stereocenters. The number of nitrogens with one attached hydrogen (secondary N) is 1. The summed E-state index contributed by atoms with van der Waals surface area (Å²) in [7, 11) is 0. The molecule has 2 aromatic rings. The zero-order valence-electron chi connectivity index (χ0n) is 7.92. The first-order chi connectivity index (χ1) is 7.65. The molecular formula is C10H6ClFIN3. The molecule has 0 unspecified atom stereocenters. The van der Waals surface area contributed by atoms with E-state index in [2.05, 4.69) is 37.9 Å². The molecule has 0 aliphatic rings. The van der Waals surface area contributed by atoms with E-state index in [1.165, 1.54) is 18.5 Å². The number of hydrogen-bond donors (Lipinski definition) is 1. The van der Waals surface area contributed by atoms with Crippen LogP contribution in [0.4, 0.5) is 15.9 Å². The Labute approximate surface area is 110 Å². The summed E-state index contributed by atoms with van der Waals surface area (Å²) in [4.78, 5) is 7.90. The van der Waals surface area contributed by atoms with E-state index >= 15 is 0 Å². The van der Waals surface area contributed by atoms with Gasteiger partial charge in [-0.2, -0.15) is 0 Å². The molecule has 1 aromatic heterocycles. The van der Waals surface area contributed by atoms with Gasteiger partial charge in [-0.1, -0.05) is 11.6 Å². The molecule has 0 spiro atoms. The second-order valence-corrected chi connectivity index (χ2v) is 4.60. The maximum Gasteiger partial charge on any atom is 0.147 e. The van der Waals surface area contributed by atoms with Crippen LogP contribution in [0.5, 0.6) is 0 Å². The van der Waals surface area contributed by atoms with Gasteiger partial charge in [0.25, 0.3) is 0 Å². The largest absolute Gasteiger partial charge is 0.339 e. The Kier molecular flexibility index (Phi) is 3.55. The summed E-state index contributed by atoms with van der Waals surface area (Å²) in [5, 5.41) is 3.31. The molecule has 0 aliphatic heterocycles. The highest BCUT2D eigenvalue weighted by Crippen LogP contribution is 2.23. The quantitative estimate of drug-likeness (QED) is 0.842. The average molecular weight is 350 g/mol. The topological polar surface area (TPSA) is 37.8 Å². The minimum Gasteiger partial charge on any atom is -0.339 e. The van der Waals surface area contributed by atoms with E-state index in [9.17, 15) is 4.39 Å². The van der Waals surface area contributed by atoms with Gasteiger partial charge in [-0.25, -0.2) is 14.4 Å². The van der Waals surface area contributed by atoms with Crippen molar-refractivity contribution in [1.29, 1.82) is 0 Å². The minimum absolute atomic E-state index is 0.339. The van der Waals surface area contributed by atoms with Crippen molar-refractivity contribution in [2.75, 3.05) is 5.32 Å². The van der Waals surface area contributed by atoms with Gasteiger partial charge in [0.15, 0.2) is 0 Å². The number of rotatable bonds is 2. The third-order valence-electron chi connectivity index (χ3n) is 1.79. The summed E-state index contributed by atoms with van der Waals surface area (Å²) in [6, 6.07) is 4.23. The van der Waals surface area contributed by atoms with Crippen molar-refractivity contribution < 1.29 is 4.39 Å². The molecule has 0 fully saturated rings. The zero-order chi connectivity index (χ0) is 11.5. The standard InChI is InChI=1S/C10H6ClFIN3/c11-6-1-7(12)3-8(2-6)16-10-9(13)4-14-5-15-10/h1-5H,(H,14,15,16). The van der Waals surface area contributed by atoms with Gasteiger partial charge in [-0.3, -0.25) is 0 Å². The van der Waals surface area contributed by atoms with Gasteiger partial charge in [0.05, 0.1) is 3.57 Å². The summed E-state index contributed by atoms with van der Waals surface area (Å²) in [6.07, 6.45) is 3.09. The second kappa shape index (κ2) is 4.92. The van der Waals surface area contributed by atoms with Crippen LogP contribution >= 0.6 is 34.2 Å². The van der Waals surface area contributed by atoms with Crippen molar-refractivity contribution in [2.24, 2.45) is 0 Å². The van der Waals surface area contributed by atoms with Gasteiger partial charge in [0.2, 0.25) is 0 Å². The van der Waals surface area contributed by atoms with Crippen LogP contribution in [0.1, 0.15) is 0 Å². The molecule has 3 nitrogen and oxygen atoms in total. The number of halogens is 3. The van der Waals surface area contributed by atoms with Crippen LogP contribution in [0.25, 0.3) is 0 Å². The van der Waals surface area contributed by atoms with Crippen molar-refractivity contribution in [2.45, 2.75) is 0 Å². The van der Waals surface area contributed by atoms with Crippen molar-refractivity contribution >= 4 is 45.7 Å². The highest BCUT2D eigenvalue weighted by Gasteiger charge is 2.03. The highest BCUT2D eigenvalue weighted by molar-refractivity contribution is 14.1. The number of nitrogens with zero attached hydrogens (tertiary/aromatic N) is 2. The van der Waals surface area contributed by atoms with Crippen LogP contribution in [0.3, 0.4) is 0 Å². The van der Waals surface area contributed by atoms with Crippen LogP contribution < -0.4 is 5.32 Å². The Morgan fingerprint density at radius 3 is 2.81 bits per heavy atom. The van der Waals surface area contributed by atoms with E-state index in [1.807, 2.05) is 0 Å². The molecule has 0 saturated heterocycles. The maximum atomic E-state index is 13.1. The van der Waals surface area contributed by atoms with Crippen LogP contribution in [-0.4, -0.2) is 9.97 Å². The second-order valence-electron chi connectivity index (χ2n) is 3.00. The number of hydrogen-bond acceptors (Lipinski definition) is 3. The summed E-state index contributed by atoms with van der Waals surface area (Å²) < 4.78 is 13.9. The predicted molar refractivity (Wildman–Crippen MR) is 69.4 cm³/mol. The predicted octanol–water partition coefficient (Wildman–Crippen LogP) is 3.62. The lowest BCUT2D eigenvalue weighted by Gasteiger charge is -2.07. The molecular weight excluding hydrogens is 343 g/mol. The lowest BCUT2D eigenvalue weighted by molar-refractivity contribution is 0.628.